The zero-order valence-corrected chi connectivity index (χ0v) is 22.2. The first-order valence-corrected chi connectivity index (χ1v) is 13.5. The Morgan fingerprint density at radius 1 is 0.972 bits per heavy atom. The molecule has 0 saturated heterocycles. The number of nitrogens with one attached hydrogen (secondary N) is 1. The molecule has 1 amide bonds. The van der Waals surface area contributed by atoms with Gasteiger partial charge >= 0.3 is 11.9 Å². The highest BCUT2D eigenvalue weighted by atomic mass is 35.5. The number of sulfonamides is 1. The average Bonchev–Trinajstić information content (AvgIpc) is 3.20. The first kappa shape index (κ1) is 27.9. The lowest BCUT2D eigenvalue weighted by molar-refractivity contribution is -0.119. The highest BCUT2D eigenvalue weighted by Crippen LogP contribution is 2.39. The smallest absolute Gasteiger partial charge is 0.341 e. The molecule has 0 radical (unpaired) electrons. The van der Waals surface area contributed by atoms with Crippen LogP contribution in [-0.4, -0.2) is 39.5 Å². The Balaban J connectivity index is 1.81. The van der Waals surface area contributed by atoms with E-state index >= 15 is 0 Å². The van der Waals surface area contributed by atoms with Gasteiger partial charge in [-0.15, -0.1) is 11.3 Å². The first-order chi connectivity index (χ1) is 16.9. The molecular weight excluding hydrogens is 575 g/mol. The monoisotopic (exact) mass is 590 g/mol. The fraction of sp³-hybridized carbons (Fsp3) is 0.136. The van der Waals surface area contributed by atoms with E-state index < -0.39 is 39.4 Å². The minimum Gasteiger partial charge on any atom is -0.462 e. The third kappa shape index (κ3) is 6.36. The van der Waals surface area contributed by atoms with Crippen molar-refractivity contribution in [2.24, 2.45) is 5.14 Å². The van der Waals surface area contributed by atoms with Crippen molar-refractivity contribution in [2.45, 2.75) is 11.8 Å². The molecule has 0 fully saturated rings. The number of ether oxygens (including phenoxy) is 2. The van der Waals surface area contributed by atoms with Crippen LogP contribution in [0.25, 0.3) is 11.1 Å². The summed E-state index contributed by atoms with van der Waals surface area (Å²) in [4.78, 5) is 37.1. The molecule has 0 atom stereocenters. The molecule has 0 aliphatic heterocycles. The number of hydrogen-bond donors (Lipinski definition) is 2. The maximum atomic E-state index is 12.7. The van der Waals surface area contributed by atoms with Crippen LogP contribution in [0.15, 0.2) is 46.7 Å². The molecule has 14 heteroatoms. The number of amides is 1. The standard InChI is InChI=1S/C22H17Cl3N2O7S2/c1-2-33-22(30)19-13(11-5-3-4-6-14(11)23)10-35-20(19)27-18(28)9-34-21(29)12-7-17(36(26,31)32)16(25)8-15(12)24/h3-8,10H,2,9H2,1H3,(H,27,28)(H2,26,31,32). The number of hydrogen-bond acceptors (Lipinski definition) is 8. The van der Waals surface area contributed by atoms with E-state index in [1.807, 2.05) is 0 Å². The van der Waals surface area contributed by atoms with Crippen molar-refractivity contribution in [3.63, 3.8) is 0 Å². The van der Waals surface area contributed by atoms with Crippen molar-refractivity contribution < 1.29 is 32.3 Å². The number of esters is 2. The number of rotatable bonds is 8. The molecule has 190 valence electrons. The van der Waals surface area contributed by atoms with Gasteiger partial charge in [-0.05, 0) is 25.1 Å². The summed E-state index contributed by atoms with van der Waals surface area (Å²) in [5.74, 6) is -2.55. The van der Waals surface area contributed by atoms with Gasteiger partial charge < -0.3 is 14.8 Å². The zero-order valence-electron chi connectivity index (χ0n) is 18.3. The van der Waals surface area contributed by atoms with Gasteiger partial charge in [-0.1, -0.05) is 53.0 Å². The van der Waals surface area contributed by atoms with Crippen molar-refractivity contribution in [1.29, 1.82) is 0 Å². The molecule has 2 aromatic carbocycles. The van der Waals surface area contributed by atoms with E-state index in [4.69, 9.17) is 49.4 Å². The highest BCUT2D eigenvalue weighted by molar-refractivity contribution is 7.89. The molecule has 0 unspecified atom stereocenters. The number of carbonyl (C=O) groups excluding carboxylic acids is 3. The summed E-state index contributed by atoms with van der Waals surface area (Å²) < 4.78 is 33.4. The van der Waals surface area contributed by atoms with E-state index in [2.05, 4.69) is 5.32 Å². The minimum atomic E-state index is -4.25. The number of primary sulfonamides is 1. The average molecular weight is 592 g/mol. The topological polar surface area (TPSA) is 142 Å². The number of thiophene rings is 1. The van der Waals surface area contributed by atoms with Gasteiger partial charge in [-0.3, -0.25) is 4.79 Å². The van der Waals surface area contributed by atoms with Gasteiger partial charge in [0.15, 0.2) is 6.61 Å². The largest absolute Gasteiger partial charge is 0.462 e. The Morgan fingerprint density at radius 3 is 2.31 bits per heavy atom. The van der Waals surface area contributed by atoms with Crippen LogP contribution in [-0.2, 0) is 24.3 Å². The summed E-state index contributed by atoms with van der Waals surface area (Å²) in [5.41, 5.74) is 0.753. The van der Waals surface area contributed by atoms with Crippen LogP contribution in [0.1, 0.15) is 27.6 Å². The molecule has 3 aromatic rings. The van der Waals surface area contributed by atoms with Gasteiger partial charge in [-0.25, -0.2) is 23.1 Å². The minimum absolute atomic E-state index is 0.0909. The molecule has 0 saturated carbocycles. The molecule has 3 rings (SSSR count). The zero-order chi connectivity index (χ0) is 26.6. The number of halogens is 3. The summed E-state index contributed by atoms with van der Waals surface area (Å²) in [6.45, 7) is 0.967. The fourth-order valence-corrected chi connectivity index (χ4v) is 5.61. The maximum Gasteiger partial charge on any atom is 0.341 e. The van der Waals surface area contributed by atoms with Gasteiger partial charge in [0, 0.05) is 21.5 Å². The highest BCUT2D eigenvalue weighted by Gasteiger charge is 2.25. The van der Waals surface area contributed by atoms with Crippen LogP contribution >= 0.6 is 46.1 Å². The molecule has 9 nitrogen and oxygen atoms in total. The van der Waals surface area contributed by atoms with Crippen LogP contribution in [0.5, 0.6) is 0 Å². The normalized spacial score (nSPS) is 11.1. The van der Waals surface area contributed by atoms with Crippen molar-refractivity contribution in [1.82, 2.24) is 0 Å². The van der Waals surface area contributed by atoms with E-state index in [1.165, 1.54) is 0 Å². The second-order valence-electron chi connectivity index (χ2n) is 6.99. The number of benzene rings is 2. The van der Waals surface area contributed by atoms with E-state index in [9.17, 15) is 22.8 Å². The molecule has 36 heavy (non-hydrogen) atoms. The van der Waals surface area contributed by atoms with Crippen LogP contribution in [0.4, 0.5) is 5.00 Å². The van der Waals surface area contributed by atoms with Crippen LogP contribution < -0.4 is 10.5 Å². The summed E-state index contributed by atoms with van der Waals surface area (Å²) >= 11 is 19.1. The van der Waals surface area contributed by atoms with Gasteiger partial charge in [0.25, 0.3) is 5.91 Å². The maximum absolute atomic E-state index is 12.7. The Kier molecular flexibility index (Phi) is 8.98. The van der Waals surface area contributed by atoms with Crippen molar-refractivity contribution >= 4 is 79.0 Å². The molecule has 0 aliphatic rings. The summed E-state index contributed by atoms with van der Waals surface area (Å²) in [7, 11) is -4.25. The number of nitrogens with two attached hydrogens (primary N) is 1. The molecular formula is C22H17Cl3N2O7S2. The van der Waals surface area contributed by atoms with Gasteiger partial charge in [0.05, 0.1) is 22.2 Å². The first-order valence-electron chi connectivity index (χ1n) is 9.96. The summed E-state index contributed by atoms with van der Waals surface area (Å²) in [6.07, 6.45) is 0. The third-order valence-electron chi connectivity index (χ3n) is 4.57. The van der Waals surface area contributed by atoms with Crippen LogP contribution in [0, 0.1) is 0 Å². The van der Waals surface area contributed by atoms with E-state index in [1.54, 1.807) is 36.6 Å². The van der Waals surface area contributed by atoms with E-state index in [0.29, 0.717) is 16.1 Å². The molecule has 3 N–H and O–H groups in total. The van der Waals surface area contributed by atoms with Gasteiger partial charge in [0.1, 0.15) is 15.5 Å². The Morgan fingerprint density at radius 2 is 1.67 bits per heavy atom. The van der Waals surface area contributed by atoms with Crippen LogP contribution in [0.2, 0.25) is 15.1 Å². The van der Waals surface area contributed by atoms with E-state index in [-0.39, 0.29) is 32.8 Å². The lowest BCUT2D eigenvalue weighted by Gasteiger charge is -2.11. The quantitative estimate of drug-likeness (QED) is 0.351. The molecule has 1 heterocycles. The summed E-state index contributed by atoms with van der Waals surface area (Å²) in [5, 5.41) is 9.30. The van der Waals surface area contributed by atoms with Crippen molar-refractivity contribution in [3.8, 4) is 11.1 Å². The SMILES string of the molecule is CCOC(=O)c1c(-c2ccccc2Cl)csc1NC(=O)COC(=O)c1cc(S(N)(=O)=O)c(Cl)cc1Cl. The van der Waals surface area contributed by atoms with Gasteiger partial charge in [-0.2, -0.15) is 0 Å². The van der Waals surface area contributed by atoms with Crippen molar-refractivity contribution in [3.05, 3.63) is 68.0 Å². The summed E-state index contributed by atoms with van der Waals surface area (Å²) in [6, 6.07) is 8.73. The molecule has 0 bridgehead atoms. The Bertz CT molecular complexity index is 1460. The second kappa shape index (κ2) is 11.6. The van der Waals surface area contributed by atoms with Gasteiger partial charge in [0.2, 0.25) is 10.0 Å². The second-order valence-corrected chi connectivity index (χ2v) is 10.6. The Labute approximate surface area is 225 Å². The van der Waals surface area contributed by atoms with E-state index in [0.717, 1.165) is 23.5 Å². The predicted molar refractivity (Wildman–Crippen MR) is 137 cm³/mol. The molecule has 1 aromatic heterocycles. The Hall–Kier alpha value is -2.67. The lowest BCUT2D eigenvalue weighted by atomic mass is 10.0. The van der Waals surface area contributed by atoms with Crippen molar-refractivity contribution in [2.75, 3.05) is 18.5 Å². The number of anilines is 1. The number of carbonyl (C=O) groups is 3. The predicted octanol–water partition coefficient (Wildman–Crippen LogP) is 4.99. The molecule has 0 spiro atoms. The lowest BCUT2D eigenvalue weighted by Crippen LogP contribution is -2.22. The third-order valence-corrected chi connectivity index (χ3v) is 7.48. The molecule has 0 aliphatic carbocycles. The van der Waals surface area contributed by atoms with Crippen LogP contribution in [0.3, 0.4) is 0 Å². The fourth-order valence-electron chi connectivity index (χ4n) is 3.01.